The van der Waals surface area contributed by atoms with Crippen molar-refractivity contribution in [2.45, 2.75) is 32.7 Å². The van der Waals surface area contributed by atoms with E-state index < -0.39 is 5.97 Å². The zero-order valence-electron chi connectivity index (χ0n) is 10.2. The summed E-state index contributed by atoms with van der Waals surface area (Å²) < 4.78 is 15.1. The van der Waals surface area contributed by atoms with Crippen LogP contribution in [0.5, 0.6) is 0 Å². The Bertz CT molecular complexity index is 578. The fourth-order valence-corrected chi connectivity index (χ4v) is 2.09. The Morgan fingerprint density at radius 2 is 2.28 bits per heavy atom. The SMILES string of the molecule is CCn1c(CCCC(=O)O)nc2ccc(F)cc21. The number of carboxylic acids is 1. The van der Waals surface area contributed by atoms with E-state index >= 15 is 0 Å². The van der Waals surface area contributed by atoms with Crippen LogP contribution in [0, 0.1) is 5.82 Å². The van der Waals surface area contributed by atoms with Crippen LogP contribution in [-0.4, -0.2) is 20.6 Å². The molecule has 0 saturated carbocycles. The van der Waals surface area contributed by atoms with Gasteiger partial charge in [-0.2, -0.15) is 0 Å². The van der Waals surface area contributed by atoms with Gasteiger partial charge in [0.2, 0.25) is 0 Å². The molecule has 0 aliphatic rings. The number of halogens is 1. The number of hydrogen-bond donors (Lipinski definition) is 1. The Morgan fingerprint density at radius 1 is 1.50 bits per heavy atom. The van der Waals surface area contributed by atoms with Crippen LogP contribution in [0.2, 0.25) is 0 Å². The standard InChI is InChI=1S/C13H15FN2O2/c1-2-16-11-8-9(14)6-7-10(11)15-12(16)4-3-5-13(17)18/h6-8H,2-5H2,1H3,(H,17,18). The van der Waals surface area contributed by atoms with Crippen LogP contribution in [0.25, 0.3) is 11.0 Å². The number of fused-ring (bicyclic) bond motifs is 1. The second kappa shape index (κ2) is 5.16. The molecule has 1 heterocycles. The molecule has 1 aromatic heterocycles. The molecule has 0 spiro atoms. The first-order valence-electron chi connectivity index (χ1n) is 5.98. The first-order chi connectivity index (χ1) is 8.61. The van der Waals surface area contributed by atoms with Gasteiger partial charge in [0, 0.05) is 19.4 Å². The van der Waals surface area contributed by atoms with Gasteiger partial charge in [0.15, 0.2) is 0 Å². The summed E-state index contributed by atoms with van der Waals surface area (Å²) in [7, 11) is 0. The van der Waals surface area contributed by atoms with Crippen LogP contribution in [0.1, 0.15) is 25.6 Å². The first-order valence-corrected chi connectivity index (χ1v) is 5.98. The number of carboxylic acid groups (broad SMARTS) is 1. The minimum Gasteiger partial charge on any atom is -0.481 e. The maximum absolute atomic E-state index is 13.2. The van der Waals surface area contributed by atoms with E-state index in [1.165, 1.54) is 12.1 Å². The molecule has 0 fully saturated rings. The van der Waals surface area contributed by atoms with Crippen molar-refractivity contribution < 1.29 is 14.3 Å². The van der Waals surface area contributed by atoms with E-state index in [1.54, 1.807) is 6.07 Å². The molecule has 0 aliphatic heterocycles. The number of hydrogen-bond acceptors (Lipinski definition) is 2. The normalized spacial score (nSPS) is 11.0. The molecule has 0 aliphatic carbocycles. The average Bonchev–Trinajstić information content (AvgIpc) is 2.65. The molecule has 18 heavy (non-hydrogen) atoms. The van der Waals surface area contributed by atoms with Gasteiger partial charge in [0.1, 0.15) is 11.6 Å². The van der Waals surface area contributed by atoms with Crippen molar-refractivity contribution >= 4 is 17.0 Å². The Hall–Kier alpha value is -1.91. The Labute approximate surface area is 104 Å². The summed E-state index contributed by atoms with van der Waals surface area (Å²) in [6.07, 6.45) is 1.26. The van der Waals surface area contributed by atoms with E-state index in [0.717, 1.165) is 16.9 Å². The number of nitrogens with zero attached hydrogens (tertiary/aromatic N) is 2. The molecule has 1 N–H and O–H groups in total. The van der Waals surface area contributed by atoms with Crippen molar-refractivity contribution in [1.29, 1.82) is 0 Å². The first kappa shape index (κ1) is 12.5. The van der Waals surface area contributed by atoms with Crippen LogP contribution in [0.4, 0.5) is 4.39 Å². The second-order valence-corrected chi connectivity index (χ2v) is 4.15. The number of benzene rings is 1. The number of imidazole rings is 1. The topological polar surface area (TPSA) is 55.1 Å². The number of aliphatic carboxylic acids is 1. The fourth-order valence-electron chi connectivity index (χ4n) is 2.09. The smallest absolute Gasteiger partial charge is 0.303 e. The lowest BCUT2D eigenvalue weighted by Gasteiger charge is -2.05. The van der Waals surface area contributed by atoms with Gasteiger partial charge >= 0.3 is 5.97 Å². The predicted molar refractivity (Wildman–Crippen MR) is 65.9 cm³/mol. The van der Waals surface area contributed by atoms with Gasteiger partial charge in [-0.15, -0.1) is 0 Å². The van der Waals surface area contributed by atoms with E-state index in [0.29, 0.717) is 19.4 Å². The molecule has 1 aromatic carbocycles. The lowest BCUT2D eigenvalue weighted by Crippen LogP contribution is -2.03. The van der Waals surface area contributed by atoms with Gasteiger partial charge in [-0.25, -0.2) is 9.37 Å². The molecule has 0 atom stereocenters. The largest absolute Gasteiger partial charge is 0.481 e. The van der Waals surface area contributed by atoms with Crippen molar-refractivity contribution in [3.8, 4) is 0 Å². The molecule has 2 rings (SSSR count). The van der Waals surface area contributed by atoms with E-state index in [2.05, 4.69) is 4.98 Å². The maximum Gasteiger partial charge on any atom is 0.303 e. The van der Waals surface area contributed by atoms with E-state index in [1.807, 2.05) is 11.5 Å². The van der Waals surface area contributed by atoms with Crippen LogP contribution in [0.15, 0.2) is 18.2 Å². The zero-order valence-corrected chi connectivity index (χ0v) is 10.2. The minimum absolute atomic E-state index is 0.126. The van der Waals surface area contributed by atoms with Crippen molar-refractivity contribution in [3.05, 3.63) is 29.8 Å². The Morgan fingerprint density at radius 3 is 2.94 bits per heavy atom. The molecule has 5 heteroatoms. The van der Waals surface area contributed by atoms with Crippen molar-refractivity contribution in [3.63, 3.8) is 0 Å². The van der Waals surface area contributed by atoms with Crippen molar-refractivity contribution in [1.82, 2.24) is 9.55 Å². The highest BCUT2D eigenvalue weighted by atomic mass is 19.1. The quantitative estimate of drug-likeness (QED) is 0.887. The highest BCUT2D eigenvalue weighted by Gasteiger charge is 2.10. The van der Waals surface area contributed by atoms with Gasteiger partial charge < -0.3 is 9.67 Å². The number of rotatable bonds is 5. The summed E-state index contributed by atoms with van der Waals surface area (Å²) in [5, 5.41) is 8.62. The predicted octanol–water partition coefficient (Wildman–Crippen LogP) is 2.60. The summed E-state index contributed by atoms with van der Waals surface area (Å²) in [4.78, 5) is 14.9. The molecule has 0 saturated heterocycles. The molecular formula is C13H15FN2O2. The maximum atomic E-state index is 13.2. The average molecular weight is 250 g/mol. The zero-order chi connectivity index (χ0) is 13.1. The fraction of sp³-hybridized carbons (Fsp3) is 0.385. The number of carbonyl (C=O) groups is 1. The molecular weight excluding hydrogens is 235 g/mol. The monoisotopic (exact) mass is 250 g/mol. The third-order valence-electron chi connectivity index (χ3n) is 2.90. The van der Waals surface area contributed by atoms with Crippen LogP contribution < -0.4 is 0 Å². The van der Waals surface area contributed by atoms with E-state index in [-0.39, 0.29) is 12.2 Å². The Balaban J connectivity index is 2.29. The van der Waals surface area contributed by atoms with Gasteiger partial charge in [-0.3, -0.25) is 4.79 Å². The summed E-state index contributed by atoms with van der Waals surface area (Å²) >= 11 is 0. The number of aromatic nitrogens is 2. The Kier molecular flexibility index (Phi) is 3.60. The third-order valence-corrected chi connectivity index (χ3v) is 2.90. The molecule has 0 amide bonds. The van der Waals surface area contributed by atoms with Crippen LogP contribution in [-0.2, 0) is 17.8 Å². The second-order valence-electron chi connectivity index (χ2n) is 4.15. The van der Waals surface area contributed by atoms with Crippen molar-refractivity contribution in [2.24, 2.45) is 0 Å². The molecule has 4 nitrogen and oxygen atoms in total. The van der Waals surface area contributed by atoms with Crippen molar-refractivity contribution in [2.75, 3.05) is 0 Å². The molecule has 0 unspecified atom stereocenters. The summed E-state index contributed by atoms with van der Waals surface area (Å²) in [6.45, 7) is 2.66. The van der Waals surface area contributed by atoms with Crippen LogP contribution in [0.3, 0.4) is 0 Å². The minimum atomic E-state index is -0.805. The number of aryl methyl sites for hydroxylation is 2. The highest BCUT2D eigenvalue weighted by Crippen LogP contribution is 2.18. The van der Waals surface area contributed by atoms with E-state index in [4.69, 9.17) is 5.11 Å². The van der Waals surface area contributed by atoms with E-state index in [9.17, 15) is 9.18 Å². The summed E-state index contributed by atoms with van der Waals surface area (Å²) in [5.41, 5.74) is 1.52. The summed E-state index contributed by atoms with van der Waals surface area (Å²) in [6, 6.07) is 4.50. The lowest BCUT2D eigenvalue weighted by molar-refractivity contribution is -0.137. The van der Waals surface area contributed by atoms with Gasteiger partial charge in [0.25, 0.3) is 0 Å². The van der Waals surface area contributed by atoms with Crippen LogP contribution >= 0.6 is 0 Å². The molecule has 0 radical (unpaired) electrons. The molecule has 0 bridgehead atoms. The lowest BCUT2D eigenvalue weighted by atomic mass is 10.2. The highest BCUT2D eigenvalue weighted by molar-refractivity contribution is 5.76. The molecule has 96 valence electrons. The molecule has 2 aromatic rings. The van der Waals surface area contributed by atoms with Gasteiger partial charge in [-0.1, -0.05) is 0 Å². The van der Waals surface area contributed by atoms with Gasteiger partial charge in [-0.05, 0) is 31.5 Å². The van der Waals surface area contributed by atoms with Gasteiger partial charge in [0.05, 0.1) is 11.0 Å². The summed E-state index contributed by atoms with van der Waals surface area (Å²) in [5.74, 6) is -0.270. The third kappa shape index (κ3) is 2.50.